The van der Waals surface area contributed by atoms with E-state index < -0.39 is 29.0 Å². The van der Waals surface area contributed by atoms with Crippen molar-refractivity contribution in [3.8, 4) is 0 Å². The summed E-state index contributed by atoms with van der Waals surface area (Å²) < 4.78 is 54.5. The molecular formula is C19H17F4N3O. The predicted molar refractivity (Wildman–Crippen MR) is 90.4 cm³/mol. The van der Waals surface area contributed by atoms with Gasteiger partial charge in [0, 0.05) is 22.8 Å². The van der Waals surface area contributed by atoms with E-state index in [9.17, 15) is 22.4 Å². The minimum atomic E-state index is -4.78. The fourth-order valence-electron chi connectivity index (χ4n) is 3.74. The Hall–Kier alpha value is -2.64. The number of aromatic nitrogens is 2. The fourth-order valence-corrected chi connectivity index (χ4v) is 3.74. The molecule has 1 aliphatic carbocycles. The van der Waals surface area contributed by atoms with Crippen LogP contribution in [0.3, 0.4) is 0 Å². The molecule has 0 spiro atoms. The summed E-state index contributed by atoms with van der Waals surface area (Å²) in [4.78, 5) is 13.1. The van der Waals surface area contributed by atoms with Crippen LogP contribution in [0.25, 0.3) is 0 Å². The molecule has 2 aromatic rings. The molecular weight excluding hydrogens is 362 g/mol. The van der Waals surface area contributed by atoms with Gasteiger partial charge in [-0.25, -0.2) is 9.07 Å². The molecule has 0 bridgehead atoms. The van der Waals surface area contributed by atoms with Crippen LogP contribution in [0.4, 0.5) is 23.4 Å². The molecule has 27 heavy (non-hydrogen) atoms. The molecule has 8 heteroatoms. The standard InChI is InChI=1S/C19H17F4N3O/c1-18(2)7-5-13-15(17(18)27)16(26-14(25-13)6-8-24-26)10-3-4-11(12(20)9-10)19(21,22)23/h3-4,6,8-9,16,25H,5,7H2,1-2H3. The zero-order valence-corrected chi connectivity index (χ0v) is 14.7. The highest BCUT2D eigenvalue weighted by molar-refractivity contribution is 6.03. The monoisotopic (exact) mass is 379 g/mol. The van der Waals surface area contributed by atoms with Gasteiger partial charge in [0.05, 0.1) is 11.8 Å². The van der Waals surface area contributed by atoms with Crippen LogP contribution in [0, 0.1) is 11.2 Å². The Morgan fingerprint density at radius 3 is 2.67 bits per heavy atom. The number of alkyl halides is 3. The molecule has 2 heterocycles. The van der Waals surface area contributed by atoms with Gasteiger partial charge in [-0.05, 0) is 30.5 Å². The molecule has 0 fully saturated rings. The number of hydrogen-bond acceptors (Lipinski definition) is 3. The predicted octanol–water partition coefficient (Wildman–Crippen LogP) is 4.70. The number of carbonyl (C=O) groups excluding carboxylic acids is 1. The third-order valence-electron chi connectivity index (χ3n) is 5.27. The van der Waals surface area contributed by atoms with Crippen LogP contribution in [-0.2, 0) is 11.0 Å². The number of benzene rings is 1. The molecule has 4 rings (SSSR count). The number of nitrogens with one attached hydrogen (secondary N) is 1. The highest BCUT2D eigenvalue weighted by Crippen LogP contribution is 2.46. The van der Waals surface area contributed by atoms with Crippen LogP contribution < -0.4 is 5.32 Å². The Labute approximate surface area is 152 Å². The van der Waals surface area contributed by atoms with Crippen molar-refractivity contribution >= 4 is 11.6 Å². The first kappa shape index (κ1) is 17.8. The normalized spacial score (nSPS) is 21.6. The number of rotatable bonds is 1. The number of nitrogens with zero attached hydrogens (tertiary/aromatic N) is 2. The van der Waals surface area contributed by atoms with Gasteiger partial charge in [-0.2, -0.15) is 18.3 Å². The molecule has 0 saturated heterocycles. The smallest absolute Gasteiger partial charge is 0.343 e. The maximum Gasteiger partial charge on any atom is 0.419 e. The zero-order valence-electron chi connectivity index (χ0n) is 14.7. The van der Waals surface area contributed by atoms with Gasteiger partial charge >= 0.3 is 6.18 Å². The molecule has 1 aliphatic heterocycles. The number of carbonyl (C=O) groups is 1. The van der Waals surface area contributed by atoms with Gasteiger partial charge in [0.15, 0.2) is 5.78 Å². The second kappa shape index (κ2) is 5.68. The average molecular weight is 379 g/mol. The van der Waals surface area contributed by atoms with Gasteiger partial charge in [0.25, 0.3) is 0 Å². The van der Waals surface area contributed by atoms with E-state index in [0.717, 1.165) is 11.8 Å². The highest BCUT2D eigenvalue weighted by atomic mass is 19.4. The molecule has 1 aromatic carbocycles. The van der Waals surface area contributed by atoms with E-state index in [1.807, 2.05) is 13.8 Å². The van der Waals surface area contributed by atoms with Gasteiger partial charge in [0.2, 0.25) is 0 Å². The van der Waals surface area contributed by atoms with Crippen LogP contribution in [-0.4, -0.2) is 15.6 Å². The van der Waals surface area contributed by atoms with E-state index in [1.54, 1.807) is 6.07 Å². The van der Waals surface area contributed by atoms with Crippen molar-refractivity contribution in [1.29, 1.82) is 0 Å². The molecule has 1 unspecified atom stereocenters. The summed E-state index contributed by atoms with van der Waals surface area (Å²) in [6.07, 6.45) is -1.97. The molecule has 4 nitrogen and oxygen atoms in total. The van der Waals surface area contributed by atoms with Crippen molar-refractivity contribution in [2.24, 2.45) is 5.41 Å². The highest BCUT2D eigenvalue weighted by Gasteiger charge is 2.43. The lowest BCUT2D eigenvalue weighted by atomic mass is 9.71. The van der Waals surface area contributed by atoms with Gasteiger partial charge in [-0.3, -0.25) is 4.79 Å². The molecule has 1 aromatic heterocycles. The number of fused-ring (bicyclic) bond motifs is 1. The SMILES string of the molecule is CC1(C)CCC2=C(C1=O)C(c1ccc(C(F)(F)F)c(F)c1)n1nccc1N2. The summed E-state index contributed by atoms with van der Waals surface area (Å²) in [6, 6.07) is 3.72. The van der Waals surface area contributed by atoms with Crippen LogP contribution in [0.5, 0.6) is 0 Å². The Morgan fingerprint density at radius 1 is 1.26 bits per heavy atom. The summed E-state index contributed by atoms with van der Waals surface area (Å²) in [7, 11) is 0. The summed E-state index contributed by atoms with van der Waals surface area (Å²) >= 11 is 0. The van der Waals surface area contributed by atoms with E-state index in [4.69, 9.17) is 0 Å². The molecule has 1 N–H and O–H groups in total. The maximum atomic E-state index is 14.2. The van der Waals surface area contributed by atoms with Crippen molar-refractivity contribution in [1.82, 2.24) is 9.78 Å². The molecule has 142 valence electrons. The number of allylic oxidation sites excluding steroid dienone is 2. The average Bonchev–Trinajstić information content (AvgIpc) is 3.03. The Kier molecular flexibility index (Phi) is 3.73. The van der Waals surface area contributed by atoms with E-state index in [2.05, 4.69) is 10.4 Å². The van der Waals surface area contributed by atoms with E-state index in [0.29, 0.717) is 30.3 Å². The number of anilines is 1. The van der Waals surface area contributed by atoms with E-state index in [-0.39, 0.29) is 11.3 Å². The molecule has 0 radical (unpaired) electrons. The maximum absolute atomic E-state index is 14.2. The van der Waals surface area contributed by atoms with Gasteiger partial charge in [0.1, 0.15) is 17.7 Å². The number of halogens is 4. The van der Waals surface area contributed by atoms with Crippen LogP contribution >= 0.6 is 0 Å². The van der Waals surface area contributed by atoms with Crippen molar-refractivity contribution in [2.45, 2.75) is 38.9 Å². The third-order valence-corrected chi connectivity index (χ3v) is 5.27. The summed E-state index contributed by atoms with van der Waals surface area (Å²) in [5.41, 5.74) is -0.524. The fraction of sp³-hybridized carbons (Fsp3) is 0.368. The van der Waals surface area contributed by atoms with Gasteiger partial charge in [-0.1, -0.05) is 19.9 Å². The van der Waals surface area contributed by atoms with Gasteiger partial charge in [-0.15, -0.1) is 0 Å². The Balaban J connectivity index is 1.89. The van der Waals surface area contributed by atoms with Crippen molar-refractivity contribution in [3.05, 3.63) is 58.7 Å². The first-order valence-electron chi connectivity index (χ1n) is 8.54. The minimum Gasteiger partial charge on any atom is -0.343 e. The van der Waals surface area contributed by atoms with Crippen molar-refractivity contribution in [2.75, 3.05) is 5.32 Å². The Morgan fingerprint density at radius 2 is 2.00 bits per heavy atom. The lowest BCUT2D eigenvalue weighted by Crippen LogP contribution is -2.39. The zero-order chi connectivity index (χ0) is 19.6. The Bertz CT molecular complexity index is 972. The molecule has 2 aliphatic rings. The quantitative estimate of drug-likeness (QED) is 0.731. The summed E-state index contributed by atoms with van der Waals surface area (Å²) in [5, 5.41) is 7.39. The molecule has 1 atom stereocenters. The second-order valence-electron chi connectivity index (χ2n) is 7.53. The minimum absolute atomic E-state index is 0.109. The lowest BCUT2D eigenvalue weighted by Gasteiger charge is -2.38. The first-order valence-corrected chi connectivity index (χ1v) is 8.54. The van der Waals surface area contributed by atoms with Crippen LogP contribution in [0.2, 0.25) is 0 Å². The summed E-state index contributed by atoms with van der Waals surface area (Å²) in [6.45, 7) is 3.67. The van der Waals surface area contributed by atoms with Crippen LogP contribution in [0.15, 0.2) is 41.7 Å². The van der Waals surface area contributed by atoms with E-state index in [1.165, 1.54) is 16.9 Å². The van der Waals surface area contributed by atoms with E-state index >= 15 is 0 Å². The first-order chi connectivity index (χ1) is 12.6. The summed E-state index contributed by atoms with van der Waals surface area (Å²) in [5.74, 6) is -0.855. The third kappa shape index (κ3) is 2.74. The largest absolute Gasteiger partial charge is 0.419 e. The number of hydrogen-bond donors (Lipinski definition) is 1. The topological polar surface area (TPSA) is 46.9 Å². The lowest BCUT2D eigenvalue weighted by molar-refractivity contribution is -0.140. The van der Waals surface area contributed by atoms with Crippen molar-refractivity contribution in [3.63, 3.8) is 0 Å². The van der Waals surface area contributed by atoms with Gasteiger partial charge < -0.3 is 5.32 Å². The number of ketones is 1. The molecule has 0 amide bonds. The van der Waals surface area contributed by atoms with Crippen LogP contribution in [0.1, 0.15) is 43.9 Å². The molecule has 0 saturated carbocycles. The van der Waals surface area contributed by atoms with Crippen molar-refractivity contribution < 1.29 is 22.4 Å². The number of Topliss-reactive ketones (excluding diaryl/α,β-unsaturated/α-hetero) is 1. The second-order valence-corrected chi connectivity index (χ2v) is 7.53.